The average molecular weight is 273 g/mol. The van der Waals surface area contributed by atoms with Gasteiger partial charge in [0.2, 0.25) is 0 Å². The Morgan fingerprint density at radius 3 is 3.00 bits per heavy atom. The molecule has 0 N–H and O–H groups in total. The van der Waals surface area contributed by atoms with Gasteiger partial charge < -0.3 is 0 Å². The first-order chi connectivity index (χ1) is 9.78. The first-order valence-corrected chi connectivity index (χ1v) is 7.42. The molecule has 2 fully saturated rings. The van der Waals surface area contributed by atoms with E-state index in [1.54, 1.807) is 12.1 Å². The van der Waals surface area contributed by atoms with Crippen LogP contribution >= 0.6 is 0 Å². The van der Waals surface area contributed by atoms with Gasteiger partial charge in [0, 0.05) is 37.8 Å². The number of nitrogens with zero attached hydrogens (tertiary/aromatic N) is 3. The molecule has 4 heteroatoms. The SMILES string of the molecule is N#Cc1cccc(CN2CCN3CCCCC3C2)c1F. The van der Waals surface area contributed by atoms with E-state index in [0.29, 0.717) is 18.2 Å². The van der Waals surface area contributed by atoms with Gasteiger partial charge in [-0.05, 0) is 25.5 Å². The molecule has 2 aliphatic heterocycles. The fourth-order valence-corrected chi connectivity index (χ4v) is 3.39. The third kappa shape index (κ3) is 2.70. The molecule has 0 saturated carbocycles. The molecular weight excluding hydrogens is 253 g/mol. The van der Waals surface area contributed by atoms with Crippen LogP contribution in [0.5, 0.6) is 0 Å². The van der Waals surface area contributed by atoms with Gasteiger partial charge in [0.1, 0.15) is 11.9 Å². The van der Waals surface area contributed by atoms with Crippen LogP contribution in [0.4, 0.5) is 4.39 Å². The summed E-state index contributed by atoms with van der Waals surface area (Å²) in [5.41, 5.74) is 0.798. The Morgan fingerprint density at radius 1 is 1.25 bits per heavy atom. The van der Waals surface area contributed by atoms with E-state index in [1.165, 1.54) is 31.9 Å². The number of benzene rings is 1. The lowest BCUT2D eigenvalue weighted by Crippen LogP contribution is -2.54. The van der Waals surface area contributed by atoms with Gasteiger partial charge in [-0.3, -0.25) is 9.80 Å². The topological polar surface area (TPSA) is 30.3 Å². The molecule has 1 aromatic carbocycles. The molecule has 1 atom stereocenters. The molecule has 0 aromatic heterocycles. The molecule has 2 aliphatic rings. The summed E-state index contributed by atoms with van der Waals surface area (Å²) in [5, 5.41) is 8.89. The van der Waals surface area contributed by atoms with E-state index in [9.17, 15) is 4.39 Å². The summed E-state index contributed by atoms with van der Waals surface area (Å²) in [6.07, 6.45) is 3.89. The molecule has 2 heterocycles. The Bertz CT molecular complexity index is 523. The van der Waals surface area contributed by atoms with Gasteiger partial charge in [0.15, 0.2) is 0 Å². The Balaban J connectivity index is 1.68. The zero-order chi connectivity index (χ0) is 13.9. The molecule has 0 spiro atoms. The molecule has 3 nitrogen and oxygen atoms in total. The van der Waals surface area contributed by atoms with E-state index in [2.05, 4.69) is 9.80 Å². The maximum Gasteiger partial charge on any atom is 0.145 e. The molecule has 0 radical (unpaired) electrons. The average Bonchev–Trinajstić information content (AvgIpc) is 2.49. The van der Waals surface area contributed by atoms with Crippen molar-refractivity contribution in [3.63, 3.8) is 0 Å². The maximum absolute atomic E-state index is 14.1. The lowest BCUT2D eigenvalue weighted by molar-refractivity contribution is 0.0452. The summed E-state index contributed by atoms with van der Waals surface area (Å²) in [4.78, 5) is 4.90. The number of piperidine rings is 1. The fourth-order valence-electron chi connectivity index (χ4n) is 3.39. The highest BCUT2D eigenvalue weighted by Gasteiger charge is 2.29. The Morgan fingerprint density at radius 2 is 2.15 bits per heavy atom. The van der Waals surface area contributed by atoms with E-state index < -0.39 is 0 Å². The lowest BCUT2D eigenvalue weighted by atomic mass is 9.99. The summed E-state index contributed by atoms with van der Waals surface area (Å²) in [7, 11) is 0. The standard InChI is InChI=1S/C16H20FN3/c17-16-13(10-18)4-3-5-14(16)11-19-8-9-20-7-2-1-6-15(20)12-19/h3-5,15H,1-2,6-9,11-12H2. The Kier molecular flexibility index (Phi) is 4.00. The molecule has 2 saturated heterocycles. The smallest absolute Gasteiger partial charge is 0.145 e. The number of halogens is 1. The summed E-state index contributed by atoms with van der Waals surface area (Å²) in [5.74, 6) is -0.346. The number of piperazine rings is 1. The van der Waals surface area contributed by atoms with E-state index in [4.69, 9.17) is 5.26 Å². The van der Waals surface area contributed by atoms with Gasteiger partial charge in [-0.1, -0.05) is 18.6 Å². The van der Waals surface area contributed by atoms with Crippen molar-refractivity contribution in [1.82, 2.24) is 9.80 Å². The molecule has 0 amide bonds. The van der Waals surface area contributed by atoms with Crippen molar-refractivity contribution in [2.45, 2.75) is 31.8 Å². The monoisotopic (exact) mass is 273 g/mol. The van der Waals surface area contributed by atoms with E-state index >= 15 is 0 Å². The zero-order valence-corrected chi connectivity index (χ0v) is 11.7. The summed E-state index contributed by atoms with van der Waals surface area (Å²) in [6.45, 7) is 4.94. The summed E-state index contributed by atoms with van der Waals surface area (Å²) in [6, 6.07) is 7.66. The van der Waals surface area contributed by atoms with Crippen LogP contribution in [0.15, 0.2) is 18.2 Å². The third-order valence-electron chi connectivity index (χ3n) is 4.51. The van der Waals surface area contributed by atoms with Gasteiger partial charge >= 0.3 is 0 Å². The van der Waals surface area contributed by atoms with Crippen molar-refractivity contribution in [2.75, 3.05) is 26.2 Å². The fraction of sp³-hybridized carbons (Fsp3) is 0.562. The van der Waals surface area contributed by atoms with Crippen molar-refractivity contribution in [1.29, 1.82) is 5.26 Å². The van der Waals surface area contributed by atoms with Crippen molar-refractivity contribution in [2.24, 2.45) is 0 Å². The zero-order valence-electron chi connectivity index (χ0n) is 11.7. The minimum atomic E-state index is -0.346. The van der Waals surface area contributed by atoms with Gasteiger partial charge in [-0.2, -0.15) is 5.26 Å². The Hall–Kier alpha value is -1.44. The van der Waals surface area contributed by atoms with E-state index in [1.807, 2.05) is 6.07 Å². The predicted octanol–water partition coefficient (Wildman–Crippen LogP) is 2.37. The van der Waals surface area contributed by atoms with Gasteiger partial charge in [-0.25, -0.2) is 4.39 Å². The maximum atomic E-state index is 14.1. The first kappa shape index (κ1) is 13.5. The van der Waals surface area contributed by atoms with Crippen LogP contribution in [-0.2, 0) is 6.54 Å². The molecule has 3 rings (SSSR count). The van der Waals surface area contributed by atoms with Crippen LogP contribution in [0.2, 0.25) is 0 Å². The van der Waals surface area contributed by atoms with Gasteiger partial charge in [0.05, 0.1) is 5.56 Å². The molecule has 1 unspecified atom stereocenters. The second-order valence-electron chi connectivity index (χ2n) is 5.81. The normalized spacial score (nSPS) is 24.1. The molecule has 106 valence electrons. The van der Waals surface area contributed by atoms with Gasteiger partial charge in [-0.15, -0.1) is 0 Å². The van der Waals surface area contributed by atoms with Crippen molar-refractivity contribution in [3.8, 4) is 6.07 Å². The molecule has 0 bridgehead atoms. The summed E-state index contributed by atoms with van der Waals surface area (Å²) < 4.78 is 14.1. The van der Waals surface area contributed by atoms with Crippen LogP contribution in [0, 0.1) is 17.1 Å². The number of fused-ring (bicyclic) bond motifs is 1. The minimum Gasteiger partial charge on any atom is -0.298 e. The van der Waals surface area contributed by atoms with Crippen molar-refractivity contribution >= 4 is 0 Å². The third-order valence-corrected chi connectivity index (χ3v) is 4.51. The van der Waals surface area contributed by atoms with E-state index in [-0.39, 0.29) is 11.4 Å². The minimum absolute atomic E-state index is 0.152. The molecule has 1 aromatic rings. The first-order valence-electron chi connectivity index (χ1n) is 7.42. The molecular formula is C16H20FN3. The van der Waals surface area contributed by atoms with Crippen LogP contribution in [0.3, 0.4) is 0 Å². The van der Waals surface area contributed by atoms with E-state index in [0.717, 1.165) is 19.6 Å². The van der Waals surface area contributed by atoms with Crippen molar-refractivity contribution in [3.05, 3.63) is 35.1 Å². The lowest BCUT2D eigenvalue weighted by Gasteiger charge is -2.44. The second kappa shape index (κ2) is 5.90. The number of nitriles is 1. The largest absolute Gasteiger partial charge is 0.298 e. The van der Waals surface area contributed by atoms with Crippen molar-refractivity contribution < 1.29 is 4.39 Å². The summed E-state index contributed by atoms with van der Waals surface area (Å²) >= 11 is 0. The van der Waals surface area contributed by atoms with Crippen LogP contribution < -0.4 is 0 Å². The quantitative estimate of drug-likeness (QED) is 0.828. The highest BCUT2D eigenvalue weighted by atomic mass is 19.1. The highest BCUT2D eigenvalue weighted by molar-refractivity contribution is 5.34. The number of hydrogen-bond donors (Lipinski definition) is 0. The number of rotatable bonds is 2. The molecule has 0 aliphatic carbocycles. The molecule has 20 heavy (non-hydrogen) atoms. The predicted molar refractivity (Wildman–Crippen MR) is 75.6 cm³/mol. The number of hydrogen-bond acceptors (Lipinski definition) is 3. The highest BCUT2D eigenvalue weighted by Crippen LogP contribution is 2.23. The van der Waals surface area contributed by atoms with Crippen LogP contribution in [0.1, 0.15) is 30.4 Å². The Labute approximate surface area is 119 Å². The van der Waals surface area contributed by atoms with Crippen LogP contribution in [-0.4, -0.2) is 42.0 Å². The van der Waals surface area contributed by atoms with Gasteiger partial charge in [0.25, 0.3) is 0 Å². The van der Waals surface area contributed by atoms with Crippen LogP contribution in [0.25, 0.3) is 0 Å². The second-order valence-corrected chi connectivity index (χ2v) is 5.81.